The highest BCUT2D eigenvalue weighted by atomic mass is 35.5. The first-order chi connectivity index (χ1) is 23.5. The van der Waals surface area contributed by atoms with E-state index in [1.54, 1.807) is 0 Å². The molecule has 1 aromatic carbocycles. The number of pyridine rings is 1. The number of nitrogens with one attached hydrogen (secondary N) is 1. The summed E-state index contributed by atoms with van der Waals surface area (Å²) in [5, 5.41) is 16.5. The first-order valence-electron chi connectivity index (χ1n) is 15.2. The zero-order valence-electron chi connectivity index (χ0n) is 25.7. The summed E-state index contributed by atoms with van der Waals surface area (Å²) < 4.78 is 58.9. The molecule has 49 heavy (non-hydrogen) atoms. The molecule has 3 aliphatic rings. The van der Waals surface area contributed by atoms with E-state index in [1.807, 2.05) is 11.0 Å². The standard InChI is InChI=1S/C23H24FN7O4.C8H5ClF3NO/c24-15-3-6-25-17(19(15)32)21(33)29-10-8-28(9-11-29)18-16-2-1-7-30(16)23-26-20(27-31(23)22(18)34)14-4-12-35-13-5-14;9-6-3-5(8(10,11)12)1-2-7(6)13-4-14/h3-4,6,32H,1-2,5,7-13H2;1-4H,(H,13,14). The highest BCUT2D eigenvalue weighted by Crippen LogP contribution is 2.33. The molecule has 0 unspecified atom stereocenters. The lowest BCUT2D eigenvalue weighted by Gasteiger charge is -2.36. The van der Waals surface area contributed by atoms with Crippen LogP contribution in [0.4, 0.5) is 28.9 Å². The quantitative estimate of drug-likeness (QED) is 0.234. The van der Waals surface area contributed by atoms with Crippen LogP contribution in [0.15, 0.2) is 41.3 Å². The lowest BCUT2D eigenvalue weighted by molar-refractivity contribution is -0.137. The molecule has 6 heterocycles. The second-order valence-corrected chi connectivity index (χ2v) is 11.7. The van der Waals surface area contributed by atoms with Crippen molar-refractivity contribution in [2.45, 2.75) is 32.0 Å². The van der Waals surface area contributed by atoms with Gasteiger partial charge in [-0.05, 0) is 49.1 Å². The Bertz CT molecular complexity index is 2010. The zero-order chi connectivity index (χ0) is 34.9. The predicted octanol–water partition coefficient (Wildman–Crippen LogP) is 3.77. The van der Waals surface area contributed by atoms with Crippen LogP contribution in [0.1, 0.15) is 40.4 Å². The Labute approximate surface area is 280 Å². The Balaban J connectivity index is 0.000000251. The summed E-state index contributed by atoms with van der Waals surface area (Å²) >= 11 is 5.49. The van der Waals surface area contributed by atoms with Gasteiger partial charge in [-0.25, -0.2) is 9.37 Å². The molecule has 1 saturated heterocycles. The minimum atomic E-state index is -4.43. The minimum Gasteiger partial charge on any atom is -0.503 e. The van der Waals surface area contributed by atoms with Crippen molar-refractivity contribution in [1.29, 1.82) is 0 Å². The topological polar surface area (TPSA) is 147 Å². The molecule has 0 aliphatic carbocycles. The summed E-state index contributed by atoms with van der Waals surface area (Å²) in [4.78, 5) is 48.5. The Morgan fingerprint density at radius 2 is 1.88 bits per heavy atom. The third kappa shape index (κ3) is 6.80. The van der Waals surface area contributed by atoms with Crippen LogP contribution in [-0.2, 0) is 28.7 Å². The van der Waals surface area contributed by atoms with Crippen LogP contribution in [0.25, 0.3) is 11.4 Å². The molecule has 258 valence electrons. The number of hydrogen-bond donors (Lipinski definition) is 2. The van der Waals surface area contributed by atoms with Gasteiger partial charge >= 0.3 is 6.18 Å². The third-order valence-corrected chi connectivity index (χ3v) is 8.66. The molecular weight excluding hydrogens is 676 g/mol. The molecule has 0 bridgehead atoms. The molecule has 3 aliphatic heterocycles. The van der Waals surface area contributed by atoms with Gasteiger partial charge in [-0.2, -0.15) is 22.7 Å². The fourth-order valence-corrected chi connectivity index (χ4v) is 6.14. The van der Waals surface area contributed by atoms with Crippen LogP contribution in [-0.4, -0.2) is 85.9 Å². The van der Waals surface area contributed by atoms with Crippen molar-refractivity contribution in [2.24, 2.45) is 0 Å². The first kappa shape index (κ1) is 33.9. The maximum atomic E-state index is 13.7. The molecule has 3 aromatic heterocycles. The first-order valence-corrected chi connectivity index (χ1v) is 15.6. The van der Waals surface area contributed by atoms with Gasteiger partial charge in [0.05, 0.1) is 35.2 Å². The number of aryl methyl sites for hydroxylation is 1. The number of anilines is 2. The number of carbonyl (C=O) groups is 2. The number of piperazine rings is 1. The number of aromatic hydroxyl groups is 1. The second kappa shape index (κ2) is 13.8. The number of alkyl halides is 3. The molecule has 7 rings (SSSR count). The zero-order valence-corrected chi connectivity index (χ0v) is 26.5. The molecule has 0 saturated carbocycles. The van der Waals surface area contributed by atoms with Gasteiger partial charge in [-0.15, -0.1) is 5.10 Å². The summed E-state index contributed by atoms with van der Waals surface area (Å²) in [7, 11) is 0. The van der Waals surface area contributed by atoms with Crippen molar-refractivity contribution >= 4 is 46.6 Å². The van der Waals surface area contributed by atoms with E-state index in [2.05, 4.69) is 20.0 Å². The molecule has 2 amide bonds. The van der Waals surface area contributed by atoms with Gasteiger partial charge < -0.3 is 29.5 Å². The van der Waals surface area contributed by atoms with Gasteiger partial charge in [-0.3, -0.25) is 14.4 Å². The van der Waals surface area contributed by atoms with Crippen LogP contribution in [0.2, 0.25) is 5.02 Å². The number of halogens is 5. The van der Waals surface area contributed by atoms with Crippen molar-refractivity contribution in [3.05, 3.63) is 80.5 Å². The highest BCUT2D eigenvalue weighted by molar-refractivity contribution is 6.33. The molecule has 0 spiro atoms. The highest BCUT2D eigenvalue weighted by Gasteiger charge is 2.32. The summed E-state index contributed by atoms with van der Waals surface area (Å²) in [6.07, 6.45) is 1.40. The minimum absolute atomic E-state index is 0.146. The summed E-state index contributed by atoms with van der Waals surface area (Å²) in [6.45, 7) is 3.33. The Hall–Kier alpha value is -5.03. The second-order valence-electron chi connectivity index (χ2n) is 11.3. The monoisotopic (exact) mass is 704 g/mol. The lowest BCUT2D eigenvalue weighted by atomic mass is 10.1. The van der Waals surface area contributed by atoms with Crippen LogP contribution < -0.4 is 15.8 Å². The molecule has 0 atom stereocenters. The number of benzene rings is 1. The van der Waals surface area contributed by atoms with Gasteiger partial charge in [0, 0.05) is 38.9 Å². The Morgan fingerprint density at radius 1 is 1.10 bits per heavy atom. The SMILES string of the molecule is O=C(c1nccc(F)c1O)N1CCN(c2c3n(c4nc(C5=CCOCC5)nn4c2=O)CCC3)CC1.O=CNc1ccc(C(F)(F)F)cc1Cl. The van der Waals surface area contributed by atoms with E-state index in [9.17, 15) is 37.1 Å². The van der Waals surface area contributed by atoms with Crippen molar-refractivity contribution in [1.82, 2.24) is 29.0 Å². The normalized spacial score (nSPS) is 16.1. The Kier molecular flexibility index (Phi) is 9.56. The summed E-state index contributed by atoms with van der Waals surface area (Å²) in [5.74, 6) is -1.06. The van der Waals surface area contributed by atoms with Crippen LogP contribution in [0, 0.1) is 5.82 Å². The van der Waals surface area contributed by atoms with Crippen molar-refractivity contribution in [2.75, 3.05) is 49.6 Å². The number of amides is 2. The molecule has 2 N–H and O–H groups in total. The fourth-order valence-electron chi connectivity index (χ4n) is 5.91. The maximum absolute atomic E-state index is 13.7. The maximum Gasteiger partial charge on any atom is 0.416 e. The lowest BCUT2D eigenvalue weighted by Crippen LogP contribution is -2.50. The number of fused-ring (bicyclic) bond motifs is 3. The van der Waals surface area contributed by atoms with E-state index < -0.39 is 29.2 Å². The van der Waals surface area contributed by atoms with Crippen molar-refractivity contribution in [3.8, 4) is 5.75 Å². The van der Waals surface area contributed by atoms with Gasteiger partial charge in [0.25, 0.3) is 11.5 Å². The largest absolute Gasteiger partial charge is 0.503 e. The van der Waals surface area contributed by atoms with Crippen molar-refractivity contribution in [3.63, 3.8) is 0 Å². The van der Waals surface area contributed by atoms with Gasteiger partial charge in [0.1, 0.15) is 5.69 Å². The molecular formula is C31H29ClF4N8O5. The number of aromatic nitrogens is 5. The van der Waals surface area contributed by atoms with E-state index >= 15 is 0 Å². The fraction of sp³-hybridized carbons (Fsp3) is 0.355. The van der Waals surface area contributed by atoms with E-state index in [-0.39, 0.29) is 22.0 Å². The number of nitrogens with zero attached hydrogens (tertiary/aromatic N) is 7. The van der Waals surface area contributed by atoms with Crippen molar-refractivity contribution < 1.29 is 37.0 Å². The number of hydrogen-bond acceptors (Lipinski definition) is 9. The van der Waals surface area contributed by atoms with E-state index in [0.29, 0.717) is 69.5 Å². The molecule has 4 aromatic rings. The number of rotatable bonds is 5. The molecule has 18 heteroatoms. The smallest absolute Gasteiger partial charge is 0.416 e. The van der Waals surface area contributed by atoms with Gasteiger partial charge in [-0.1, -0.05) is 17.7 Å². The van der Waals surface area contributed by atoms with Gasteiger partial charge in [0.15, 0.2) is 23.1 Å². The van der Waals surface area contributed by atoms with Gasteiger partial charge in [0.2, 0.25) is 12.2 Å². The van der Waals surface area contributed by atoms with Crippen LogP contribution in [0.5, 0.6) is 5.75 Å². The average Bonchev–Trinajstić information content (AvgIpc) is 3.76. The van der Waals surface area contributed by atoms with Crippen LogP contribution in [0.3, 0.4) is 0 Å². The number of ether oxygens (including phenoxy) is 1. The summed E-state index contributed by atoms with van der Waals surface area (Å²) in [5.41, 5.74) is 1.28. The van der Waals surface area contributed by atoms with E-state index in [1.165, 1.54) is 9.42 Å². The predicted molar refractivity (Wildman–Crippen MR) is 169 cm³/mol. The third-order valence-electron chi connectivity index (χ3n) is 8.34. The molecule has 1 fully saturated rings. The Morgan fingerprint density at radius 3 is 2.55 bits per heavy atom. The molecule has 0 radical (unpaired) electrons. The van der Waals surface area contributed by atoms with E-state index in [4.69, 9.17) is 21.3 Å². The number of carbonyl (C=O) groups excluding carboxylic acids is 2. The average molecular weight is 705 g/mol. The summed E-state index contributed by atoms with van der Waals surface area (Å²) in [6, 6.07) is 3.70. The van der Waals surface area contributed by atoms with Crippen LogP contribution >= 0.6 is 11.6 Å². The molecule has 13 nitrogen and oxygen atoms in total. The van der Waals surface area contributed by atoms with E-state index in [0.717, 1.165) is 61.1 Å².